The number of benzene rings is 2. The van der Waals surface area contributed by atoms with Gasteiger partial charge in [0, 0.05) is 24.0 Å². The number of halogens is 1. The Labute approximate surface area is 164 Å². The first kappa shape index (κ1) is 17.6. The van der Waals surface area contributed by atoms with Crippen molar-refractivity contribution in [2.45, 2.75) is 19.9 Å². The van der Waals surface area contributed by atoms with Crippen LogP contribution in [-0.2, 0) is 6.54 Å². The Kier molecular flexibility index (Phi) is 4.87. The first-order valence-corrected chi connectivity index (χ1v) is 9.35. The predicted molar refractivity (Wildman–Crippen MR) is 112 cm³/mol. The second-order valence-electron chi connectivity index (χ2n) is 6.68. The molecule has 0 unspecified atom stereocenters. The van der Waals surface area contributed by atoms with Gasteiger partial charge < -0.3 is 9.30 Å². The molecule has 0 bridgehead atoms. The Balaban J connectivity index is 1.76. The smallest absolute Gasteiger partial charge is 0.119 e. The molecule has 1 aliphatic rings. The number of allylic oxidation sites excluding steroid dienone is 3. The minimum Gasteiger partial charge on any atom is -0.497 e. The van der Waals surface area contributed by atoms with Crippen LogP contribution in [0.25, 0.3) is 17.2 Å². The molecule has 1 heterocycles. The number of imidazole rings is 1. The highest BCUT2D eigenvalue weighted by atomic mass is 35.5. The maximum atomic E-state index is 6.03. The van der Waals surface area contributed by atoms with Crippen molar-refractivity contribution in [2.75, 3.05) is 7.11 Å². The molecule has 1 aliphatic carbocycles. The molecule has 136 valence electrons. The lowest BCUT2D eigenvalue weighted by Gasteiger charge is -2.09. The van der Waals surface area contributed by atoms with Gasteiger partial charge in [-0.15, -0.1) is 0 Å². The van der Waals surface area contributed by atoms with Crippen LogP contribution in [-0.4, -0.2) is 16.7 Å². The molecule has 0 saturated heterocycles. The standard InChI is InChI=1S/C23H21ClN2O/c1-16-20(9-11-26-12-10-25-15-26)23-14-19(27-2)7-8-21(23)22(16)13-17-3-5-18(24)6-4-17/h3-8,10,12-15H,9,11H2,1-2H3/b22-13-. The molecule has 0 fully saturated rings. The van der Waals surface area contributed by atoms with Crippen LogP contribution in [0.4, 0.5) is 0 Å². The quantitative estimate of drug-likeness (QED) is 0.549. The molecule has 4 rings (SSSR count). The van der Waals surface area contributed by atoms with E-state index in [9.17, 15) is 0 Å². The van der Waals surface area contributed by atoms with E-state index in [1.54, 1.807) is 7.11 Å². The number of rotatable bonds is 5. The van der Waals surface area contributed by atoms with Crippen molar-refractivity contribution in [1.82, 2.24) is 9.55 Å². The lowest BCUT2D eigenvalue weighted by atomic mass is 10.0. The van der Waals surface area contributed by atoms with Crippen LogP contribution in [0.5, 0.6) is 5.75 Å². The number of fused-ring (bicyclic) bond motifs is 1. The second-order valence-corrected chi connectivity index (χ2v) is 7.11. The maximum absolute atomic E-state index is 6.03. The molecule has 0 saturated carbocycles. The van der Waals surface area contributed by atoms with Gasteiger partial charge in [-0.2, -0.15) is 0 Å². The topological polar surface area (TPSA) is 27.1 Å². The fourth-order valence-corrected chi connectivity index (χ4v) is 3.72. The van der Waals surface area contributed by atoms with Gasteiger partial charge in [-0.25, -0.2) is 4.98 Å². The molecular weight excluding hydrogens is 356 g/mol. The molecule has 0 radical (unpaired) electrons. The van der Waals surface area contributed by atoms with Crippen molar-refractivity contribution >= 4 is 28.8 Å². The van der Waals surface area contributed by atoms with Gasteiger partial charge in [-0.1, -0.05) is 29.8 Å². The summed E-state index contributed by atoms with van der Waals surface area (Å²) in [7, 11) is 1.71. The first-order valence-electron chi connectivity index (χ1n) is 8.97. The average Bonchev–Trinajstić information content (AvgIpc) is 3.29. The van der Waals surface area contributed by atoms with E-state index in [0.29, 0.717) is 0 Å². The summed E-state index contributed by atoms with van der Waals surface area (Å²) in [6, 6.07) is 14.3. The van der Waals surface area contributed by atoms with Crippen LogP contribution >= 0.6 is 11.6 Å². The third-order valence-corrected chi connectivity index (χ3v) is 5.31. The highest BCUT2D eigenvalue weighted by Crippen LogP contribution is 2.45. The Bertz CT molecular complexity index is 1020. The largest absolute Gasteiger partial charge is 0.497 e. The summed E-state index contributed by atoms with van der Waals surface area (Å²) in [5, 5.41) is 0.752. The molecule has 0 N–H and O–H groups in total. The van der Waals surface area contributed by atoms with E-state index >= 15 is 0 Å². The molecule has 0 amide bonds. The van der Waals surface area contributed by atoms with Crippen LogP contribution in [0.1, 0.15) is 30.0 Å². The number of aromatic nitrogens is 2. The van der Waals surface area contributed by atoms with Crippen molar-refractivity contribution in [2.24, 2.45) is 0 Å². The summed E-state index contributed by atoms with van der Waals surface area (Å²) in [4.78, 5) is 4.14. The van der Waals surface area contributed by atoms with Crippen LogP contribution < -0.4 is 4.74 Å². The van der Waals surface area contributed by atoms with Gasteiger partial charge in [0.2, 0.25) is 0 Å². The lowest BCUT2D eigenvalue weighted by Crippen LogP contribution is -1.96. The van der Waals surface area contributed by atoms with E-state index in [0.717, 1.165) is 29.3 Å². The second kappa shape index (κ2) is 7.45. The normalized spacial score (nSPS) is 14.7. The predicted octanol–water partition coefficient (Wildman–Crippen LogP) is 5.96. The van der Waals surface area contributed by atoms with Gasteiger partial charge in [0.1, 0.15) is 5.75 Å². The zero-order valence-electron chi connectivity index (χ0n) is 15.4. The van der Waals surface area contributed by atoms with Gasteiger partial charge in [-0.3, -0.25) is 0 Å². The third-order valence-electron chi connectivity index (χ3n) is 5.06. The van der Waals surface area contributed by atoms with E-state index < -0.39 is 0 Å². The molecule has 2 aromatic carbocycles. The zero-order chi connectivity index (χ0) is 18.8. The zero-order valence-corrected chi connectivity index (χ0v) is 16.2. The fourth-order valence-electron chi connectivity index (χ4n) is 3.60. The number of methoxy groups -OCH3 is 1. The van der Waals surface area contributed by atoms with E-state index in [1.807, 2.05) is 36.9 Å². The molecule has 3 aromatic rings. The monoisotopic (exact) mass is 376 g/mol. The first-order chi connectivity index (χ1) is 13.2. The van der Waals surface area contributed by atoms with Gasteiger partial charge in [0.15, 0.2) is 0 Å². The van der Waals surface area contributed by atoms with Crippen LogP contribution in [0, 0.1) is 0 Å². The van der Waals surface area contributed by atoms with E-state index in [2.05, 4.69) is 46.8 Å². The summed E-state index contributed by atoms with van der Waals surface area (Å²) in [5.41, 5.74) is 7.59. The Morgan fingerprint density at radius 2 is 1.93 bits per heavy atom. The molecule has 4 heteroatoms. The highest BCUT2D eigenvalue weighted by Gasteiger charge is 2.24. The number of hydrogen-bond acceptors (Lipinski definition) is 2. The Morgan fingerprint density at radius 3 is 2.63 bits per heavy atom. The molecule has 3 nitrogen and oxygen atoms in total. The van der Waals surface area contributed by atoms with Crippen molar-refractivity contribution in [1.29, 1.82) is 0 Å². The number of nitrogens with zero attached hydrogens (tertiary/aromatic N) is 2. The van der Waals surface area contributed by atoms with Gasteiger partial charge in [0.25, 0.3) is 0 Å². The summed E-state index contributed by atoms with van der Waals surface area (Å²) < 4.78 is 7.58. The summed E-state index contributed by atoms with van der Waals surface area (Å²) in [5.74, 6) is 0.884. The Morgan fingerprint density at radius 1 is 1.11 bits per heavy atom. The van der Waals surface area contributed by atoms with E-state index in [4.69, 9.17) is 16.3 Å². The summed E-state index contributed by atoms with van der Waals surface area (Å²) in [6.45, 7) is 3.11. The third kappa shape index (κ3) is 3.56. The number of ether oxygens (including phenoxy) is 1. The molecule has 0 aliphatic heterocycles. The van der Waals surface area contributed by atoms with Crippen molar-refractivity contribution in [3.05, 3.63) is 88.5 Å². The van der Waals surface area contributed by atoms with E-state index in [-0.39, 0.29) is 0 Å². The number of aryl methyl sites for hydroxylation is 1. The minimum absolute atomic E-state index is 0.752. The Hall–Kier alpha value is -2.78. The van der Waals surface area contributed by atoms with Gasteiger partial charge in [-0.05, 0) is 77.1 Å². The molecule has 0 spiro atoms. The molecular formula is C23H21ClN2O. The van der Waals surface area contributed by atoms with Gasteiger partial charge in [0.05, 0.1) is 13.4 Å². The minimum atomic E-state index is 0.752. The SMILES string of the molecule is COc1ccc2c(c1)C(CCn1ccnc1)=C(C)/C2=C/c1ccc(Cl)cc1. The van der Waals surface area contributed by atoms with E-state index in [1.165, 1.54) is 27.8 Å². The lowest BCUT2D eigenvalue weighted by molar-refractivity contribution is 0.414. The number of hydrogen-bond donors (Lipinski definition) is 0. The van der Waals surface area contributed by atoms with Crippen LogP contribution in [0.3, 0.4) is 0 Å². The fraction of sp³-hybridized carbons (Fsp3) is 0.174. The maximum Gasteiger partial charge on any atom is 0.119 e. The summed E-state index contributed by atoms with van der Waals surface area (Å²) in [6.07, 6.45) is 8.86. The van der Waals surface area contributed by atoms with Crippen molar-refractivity contribution in [3.8, 4) is 5.75 Å². The van der Waals surface area contributed by atoms with Crippen molar-refractivity contribution < 1.29 is 4.74 Å². The average molecular weight is 377 g/mol. The van der Waals surface area contributed by atoms with Crippen LogP contribution in [0.2, 0.25) is 5.02 Å². The summed E-state index contributed by atoms with van der Waals surface area (Å²) >= 11 is 6.03. The molecule has 27 heavy (non-hydrogen) atoms. The molecule has 0 atom stereocenters. The van der Waals surface area contributed by atoms with Crippen LogP contribution in [0.15, 0.2) is 66.8 Å². The molecule has 1 aromatic heterocycles. The van der Waals surface area contributed by atoms with Gasteiger partial charge >= 0.3 is 0 Å². The van der Waals surface area contributed by atoms with Crippen molar-refractivity contribution in [3.63, 3.8) is 0 Å². The highest BCUT2D eigenvalue weighted by molar-refractivity contribution is 6.30.